The Hall–Kier alpha value is -1.22. The van der Waals surface area contributed by atoms with Crippen molar-refractivity contribution < 1.29 is 0 Å². The van der Waals surface area contributed by atoms with Crippen molar-refractivity contribution in [1.29, 1.82) is 0 Å². The van der Waals surface area contributed by atoms with E-state index in [0.29, 0.717) is 12.0 Å². The quantitative estimate of drug-likeness (QED) is 0.839. The average Bonchev–Trinajstić information content (AvgIpc) is 2.82. The minimum absolute atomic E-state index is 0.454. The number of benzene rings is 1. The lowest BCUT2D eigenvalue weighted by atomic mass is 10.1. The molecule has 1 fully saturated rings. The number of nitrogen functional groups attached to an aromatic ring is 1. The molecule has 0 saturated heterocycles. The third kappa shape index (κ3) is 1.69. The Morgan fingerprint density at radius 3 is 2.94 bits per heavy atom. The summed E-state index contributed by atoms with van der Waals surface area (Å²) < 4.78 is 2.13. The molecule has 4 heteroatoms. The molecule has 2 N–H and O–H groups in total. The van der Waals surface area contributed by atoms with Crippen LogP contribution in [0.1, 0.15) is 32.2 Å². The van der Waals surface area contributed by atoms with Gasteiger partial charge in [-0.2, -0.15) is 0 Å². The van der Waals surface area contributed by atoms with Gasteiger partial charge < -0.3 is 10.3 Å². The smallest absolute Gasteiger partial charge is 0.201 e. The number of para-hydroxylation sites is 1. The summed E-state index contributed by atoms with van der Waals surface area (Å²) in [6.07, 6.45) is 3.59. The Morgan fingerprint density at radius 2 is 2.24 bits per heavy atom. The first kappa shape index (κ1) is 10.9. The summed E-state index contributed by atoms with van der Waals surface area (Å²) in [5, 5.41) is 0.742. The molecule has 1 saturated carbocycles. The van der Waals surface area contributed by atoms with Gasteiger partial charge in [0, 0.05) is 6.04 Å². The minimum atomic E-state index is 0.454. The molecular formula is C13H16ClN3. The zero-order chi connectivity index (χ0) is 12.0. The van der Waals surface area contributed by atoms with Crippen LogP contribution in [0.25, 0.3) is 11.0 Å². The molecule has 0 amide bonds. The maximum absolute atomic E-state index is 6.27. The highest BCUT2D eigenvalue weighted by Crippen LogP contribution is 2.39. The molecule has 2 unspecified atom stereocenters. The van der Waals surface area contributed by atoms with E-state index in [-0.39, 0.29) is 0 Å². The first-order chi connectivity index (χ1) is 8.16. The van der Waals surface area contributed by atoms with Crippen LogP contribution in [0.3, 0.4) is 0 Å². The van der Waals surface area contributed by atoms with Gasteiger partial charge in [-0.1, -0.05) is 24.6 Å². The Balaban J connectivity index is 2.18. The number of fused-ring (bicyclic) bond motifs is 1. The highest BCUT2D eigenvalue weighted by atomic mass is 35.5. The SMILES string of the molecule is CC1CCC(n2c(N)nc3cccc(Cl)c32)C1. The number of nitrogens with two attached hydrogens (primary N) is 1. The molecule has 90 valence electrons. The number of hydrogen-bond donors (Lipinski definition) is 1. The fourth-order valence-electron chi connectivity index (χ4n) is 2.91. The number of anilines is 1. The van der Waals surface area contributed by atoms with E-state index in [0.717, 1.165) is 22.0 Å². The van der Waals surface area contributed by atoms with Crippen molar-refractivity contribution in [3.8, 4) is 0 Å². The maximum atomic E-state index is 6.27. The summed E-state index contributed by atoms with van der Waals surface area (Å²) in [5.41, 5.74) is 7.93. The Kier molecular flexibility index (Phi) is 2.51. The molecule has 1 aromatic heterocycles. The summed E-state index contributed by atoms with van der Waals surface area (Å²) in [6.45, 7) is 2.29. The molecule has 1 aromatic carbocycles. The van der Waals surface area contributed by atoms with Crippen LogP contribution in [0.5, 0.6) is 0 Å². The van der Waals surface area contributed by atoms with Crippen LogP contribution in [0, 0.1) is 5.92 Å². The van der Waals surface area contributed by atoms with Gasteiger partial charge in [-0.3, -0.25) is 0 Å². The van der Waals surface area contributed by atoms with E-state index in [1.54, 1.807) is 0 Å². The van der Waals surface area contributed by atoms with Crippen molar-refractivity contribution in [1.82, 2.24) is 9.55 Å². The first-order valence-electron chi connectivity index (χ1n) is 6.08. The summed E-state index contributed by atoms with van der Waals surface area (Å²) >= 11 is 6.27. The van der Waals surface area contributed by atoms with Crippen LogP contribution in [-0.2, 0) is 0 Å². The minimum Gasteiger partial charge on any atom is -0.369 e. The van der Waals surface area contributed by atoms with Crippen molar-refractivity contribution in [2.45, 2.75) is 32.2 Å². The molecule has 2 aromatic rings. The first-order valence-corrected chi connectivity index (χ1v) is 6.46. The van der Waals surface area contributed by atoms with Gasteiger partial charge in [-0.15, -0.1) is 0 Å². The van der Waals surface area contributed by atoms with Crippen LogP contribution >= 0.6 is 11.6 Å². The molecule has 3 nitrogen and oxygen atoms in total. The number of aromatic nitrogens is 2. The Morgan fingerprint density at radius 1 is 1.41 bits per heavy atom. The van der Waals surface area contributed by atoms with Gasteiger partial charge in [-0.05, 0) is 37.3 Å². The molecule has 1 aliphatic carbocycles. The molecule has 0 bridgehead atoms. The Labute approximate surface area is 106 Å². The Bertz CT molecular complexity index is 561. The van der Waals surface area contributed by atoms with Gasteiger partial charge >= 0.3 is 0 Å². The number of imidazole rings is 1. The van der Waals surface area contributed by atoms with Crippen molar-refractivity contribution in [3.05, 3.63) is 23.2 Å². The van der Waals surface area contributed by atoms with Crippen molar-refractivity contribution in [2.75, 3.05) is 5.73 Å². The van der Waals surface area contributed by atoms with Crippen LogP contribution in [0.2, 0.25) is 5.02 Å². The summed E-state index contributed by atoms with van der Waals surface area (Å²) in [4.78, 5) is 4.40. The molecule has 17 heavy (non-hydrogen) atoms. The lowest BCUT2D eigenvalue weighted by Gasteiger charge is -2.15. The van der Waals surface area contributed by atoms with Crippen LogP contribution in [-0.4, -0.2) is 9.55 Å². The molecule has 0 spiro atoms. The second-order valence-electron chi connectivity index (χ2n) is 5.02. The van der Waals surface area contributed by atoms with Crippen molar-refractivity contribution >= 4 is 28.6 Å². The molecular weight excluding hydrogens is 234 g/mol. The second-order valence-corrected chi connectivity index (χ2v) is 5.43. The van der Waals surface area contributed by atoms with Gasteiger partial charge in [0.2, 0.25) is 5.95 Å². The number of rotatable bonds is 1. The largest absolute Gasteiger partial charge is 0.369 e. The second kappa shape index (κ2) is 3.91. The zero-order valence-corrected chi connectivity index (χ0v) is 10.6. The normalized spacial score (nSPS) is 24.6. The predicted molar refractivity (Wildman–Crippen MR) is 71.2 cm³/mol. The van der Waals surface area contributed by atoms with Gasteiger partial charge in [0.15, 0.2) is 0 Å². The predicted octanol–water partition coefficient (Wildman–Crippen LogP) is 3.63. The van der Waals surface area contributed by atoms with Gasteiger partial charge in [0.05, 0.1) is 16.1 Å². The maximum Gasteiger partial charge on any atom is 0.201 e. The van der Waals surface area contributed by atoms with Crippen molar-refractivity contribution in [3.63, 3.8) is 0 Å². The summed E-state index contributed by atoms with van der Waals surface area (Å²) in [7, 11) is 0. The molecule has 2 atom stereocenters. The van der Waals surface area contributed by atoms with Crippen LogP contribution in [0.15, 0.2) is 18.2 Å². The van der Waals surface area contributed by atoms with Gasteiger partial charge in [0.25, 0.3) is 0 Å². The molecule has 1 aliphatic rings. The summed E-state index contributed by atoms with van der Waals surface area (Å²) in [6, 6.07) is 6.24. The van der Waals surface area contributed by atoms with E-state index in [4.69, 9.17) is 17.3 Å². The van der Waals surface area contributed by atoms with E-state index in [2.05, 4.69) is 16.5 Å². The molecule has 0 radical (unpaired) electrons. The molecule has 1 heterocycles. The lowest BCUT2D eigenvalue weighted by molar-refractivity contribution is 0.510. The lowest BCUT2D eigenvalue weighted by Crippen LogP contribution is -2.09. The third-order valence-electron chi connectivity index (χ3n) is 3.72. The van der Waals surface area contributed by atoms with E-state index < -0.39 is 0 Å². The molecule has 3 rings (SSSR count). The standard InChI is InChI=1S/C13H16ClN3/c1-8-5-6-9(7-8)17-12-10(14)3-2-4-11(12)16-13(17)15/h2-4,8-9H,5-7H2,1H3,(H2,15,16). The molecule has 0 aliphatic heterocycles. The van der Waals surface area contributed by atoms with Gasteiger partial charge in [-0.25, -0.2) is 4.98 Å². The van der Waals surface area contributed by atoms with E-state index in [1.807, 2.05) is 18.2 Å². The van der Waals surface area contributed by atoms with E-state index in [9.17, 15) is 0 Å². The fourth-order valence-corrected chi connectivity index (χ4v) is 3.17. The number of nitrogens with zero attached hydrogens (tertiary/aromatic N) is 2. The average molecular weight is 250 g/mol. The third-order valence-corrected chi connectivity index (χ3v) is 4.03. The zero-order valence-electron chi connectivity index (χ0n) is 9.86. The van der Waals surface area contributed by atoms with E-state index >= 15 is 0 Å². The number of hydrogen-bond acceptors (Lipinski definition) is 2. The highest BCUT2D eigenvalue weighted by molar-refractivity contribution is 6.35. The van der Waals surface area contributed by atoms with Gasteiger partial charge in [0.1, 0.15) is 0 Å². The van der Waals surface area contributed by atoms with Crippen molar-refractivity contribution in [2.24, 2.45) is 5.92 Å². The van der Waals surface area contributed by atoms with Crippen LogP contribution in [0.4, 0.5) is 5.95 Å². The summed E-state index contributed by atoms with van der Waals surface area (Å²) in [5.74, 6) is 1.35. The topological polar surface area (TPSA) is 43.8 Å². The van der Waals surface area contributed by atoms with Crippen LogP contribution < -0.4 is 5.73 Å². The fraction of sp³-hybridized carbons (Fsp3) is 0.462. The van der Waals surface area contributed by atoms with E-state index in [1.165, 1.54) is 19.3 Å². The highest BCUT2D eigenvalue weighted by Gasteiger charge is 2.26. The number of halogens is 1. The monoisotopic (exact) mass is 249 g/mol.